The number of amides is 2. The van der Waals surface area contributed by atoms with Crippen LogP contribution < -0.4 is 0 Å². The summed E-state index contributed by atoms with van der Waals surface area (Å²) in [7, 11) is 2.84. The molecule has 1 unspecified atom stereocenters. The number of rotatable bonds is 4. The zero-order valence-electron chi connectivity index (χ0n) is 12.0. The number of hydrogen-bond donors (Lipinski definition) is 0. The maximum atomic E-state index is 12.7. The fourth-order valence-electron chi connectivity index (χ4n) is 1.75. The molecule has 1 aromatic carbocycles. The molecule has 0 aliphatic rings. The van der Waals surface area contributed by atoms with E-state index >= 15 is 0 Å². The van der Waals surface area contributed by atoms with Crippen molar-refractivity contribution >= 4 is 11.8 Å². The predicted octanol–water partition coefficient (Wildman–Crippen LogP) is 2.23. The molecular formula is C14H17F3N2O2. The molecule has 0 fully saturated rings. The van der Waals surface area contributed by atoms with Crippen LogP contribution in [0.2, 0.25) is 0 Å². The second kappa shape index (κ2) is 6.60. The lowest BCUT2D eigenvalue weighted by atomic mass is 10.1. The number of likely N-dealkylation sites (N-methyl/N-ethyl adjacent to an activating group) is 1. The number of alkyl halides is 3. The third-order valence-electron chi connectivity index (χ3n) is 3.06. The molecule has 7 heteroatoms. The van der Waals surface area contributed by atoms with Crippen LogP contribution in [-0.2, 0) is 9.59 Å². The number of hydrogen-bond acceptors (Lipinski definition) is 2. The summed E-state index contributed by atoms with van der Waals surface area (Å²) in [6.45, 7) is 0.837. The highest BCUT2D eigenvalue weighted by molar-refractivity contribution is 5.87. The first-order valence-electron chi connectivity index (χ1n) is 6.27. The van der Waals surface area contributed by atoms with E-state index in [4.69, 9.17) is 0 Å². The van der Waals surface area contributed by atoms with Crippen molar-refractivity contribution in [1.82, 2.24) is 9.80 Å². The Hall–Kier alpha value is -2.05. The van der Waals surface area contributed by atoms with Crippen molar-refractivity contribution in [3.63, 3.8) is 0 Å². The summed E-state index contributed by atoms with van der Waals surface area (Å²) < 4.78 is 38.1. The lowest BCUT2D eigenvalue weighted by Crippen LogP contribution is -2.47. The molecule has 0 radical (unpaired) electrons. The van der Waals surface area contributed by atoms with E-state index in [0.717, 1.165) is 4.90 Å². The van der Waals surface area contributed by atoms with Crippen molar-refractivity contribution < 1.29 is 22.8 Å². The summed E-state index contributed by atoms with van der Waals surface area (Å²) in [5, 5.41) is 0. The molecule has 0 aliphatic heterocycles. The van der Waals surface area contributed by atoms with Crippen molar-refractivity contribution in [2.24, 2.45) is 0 Å². The van der Waals surface area contributed by atoms with Gasteiger partial charge in [0.2, 0.25) is 5.91 Å². The van der Waals surface area contributed by atoms with Gasteiger partial charge in [0.05, 0.1) is 6.04 Å². The highest BCUT2D eigenvalue weighted by Gasteiger charge is 2.44. The van der Waals surface area contributed by atoms with Crippen LogP contribution >= 0.6 is 0 Å². The summed E-state index contributed by atoms with van der Waals surface area (Å²) in [4.78, 5) is 24.9. The molecule has 2 amide bonds. The van der Waals surface area contributed by atoms with E-state index < -0.39 is 30.6 Å². The Balaban J connectivity index is 3.07. The molecule has 1 rings (SSSR count). The van der Waals surface area contributed by atoms with Crippen molar-refractivity contribution in [1.29, 1.82) is 0 Å². The number of nitrogens with zero attached hydrogens (tertiary/aromatic N) is 2. The SMILES string of the molecule is CC(c1ccccc1)N(CC(=O)N(C)C)C(=O)C(F)(F)F. The van der Waals surface area contributed by atoms with Gasteiger partial charge in [-0.3, -0.25) is 9.59 Å². The first-order valence-corrected chi connectivity index (χ1v) is 6.27. The lowest BCUT2D eigenvalue weighted by molar-refractivity contribution is -0.188. The second-order valence-electron chi connectivity index (χ2n) is 4.81. The zero-order chi connectivity index (χ0) is 16.2. The molecule has 4 nitrogen and oxygen atoms in total. The van der Waals surface area contributed by atoms with Gasteiger partial charge in [-0.2, -0.15) is 13.2 Å². The van der Waals surface area contributed by atoms with Gasteiger partial charge in [-0.05, 0) is 12.5 Å². The van der Waals surface area contributed by atoms with Gasteiger partial charge in [0.15, 0.2) is 0 Å². The van der Waals surface area contributed by atoms with Crippen molar-refractivity contribution in [3.8, 4) is 0 Å². The Morgan fingerprint density at radius 1 is 1.14 bits per heavy atom. The van der Waals surface area contributed by atoms with Gasteiger partial charge in [0.1, 0.15) is 6.54 Å². The average molecular weight is 302 g/mol. The minimum Gasteiger partial charge on any atom is -0.347 e. The number of halogens is 3. The Morgan fingerprint density at radius 3 is 2.10 bits per heavy atom. The molecule has 0 aliphatic carbocycles. The second-order valence-corrected chi connectivity index (χ2v) is 4.81. The molecule has 1 atom stereocenters. The van der Waals surface area contributed by atoms with Crippen LogP contribution in [0.15, 0.2) is 30.3 Å². The summed E-state index contributed by atoms with van der Waals surface area (Å²) in [6, 6.07) is 7.41. The van der Waals surface area contributed by atoms with Crippen LogP contribution in [0.4, 0.5) is 13.2 Å². The van der Waals surface area contributed by atoms with E-state index in [1.165, 1.54) is 21.0 Å². The first kappa shape index (κ1) is 17.0. The van der Waals surface area contributed by atoms with Gasteiger partial charge >= 0.3 is 12.1 Å². The van der Waals surface area contributed by atoms with Crippen LogP contribution in [-0.4, -0.2) is 48.4 Å². The monoisotopic (exact) mass is 302 g/mol. The van der Waals surface area contributed by atoms with E-state index in [9.17, 15) is 22.8 Å². The summed E-state index contributed by atoms with van der Waals surface area (Å²) in [5.74, 6) is -2.59. The molecule has 21 heavy (non-hydrogen) atoms. The minimum atomic E-state index is -5.02. The topological polar surface area (TPSA) is 40.6 Å². The van der Waals surface area contributed by atoms with E-state index in [1.807, 2.05) is 0 Å². The van der Waals surface area contributed by atoms with Gasteiger partial charge in [0, 0.05) is 14.1 Å². The quantitative estimate of drug-likeness (QED) is 0.856. The Kier molecular flexibility index (Phi) is 5.34. The van der Waals surface area contributed by atoms with Gasteiger partial charge in [-0.15, -0.1) is 0 Å². The number of carbonyl (C=O) groups excluding carboxylic acids is 2. The van der Waals surface area contributed by atoms with Gasteiger partial charge < -0.3 is 9.80 Å². The molecule has 0 saturated heterocycles. The Bertz CT molecular complexity index is 501. The smallest absolute Gasteiger partial charge is 0.347 e. The van der Waals surface area contributed by atoms with Crippen molar-refractivity contribution in [3.05, 3.63) is 35.9 Å². The normalized spacial score (nSPS) is 12.7. The van der Waals surface area contributed by atoms with Crippen LogP contribution in [0.1, 0.15) is 18.5 Å². The fourth-order valence-corrected chi connectivity index (χ4v) is 1.75. The van der Waals surface area contributed by atoms with Crippen molar-refractivity contribution in [2.45, 2.75) is 19.1 Å². The average Bonchev–Trinajstić information content (AvgIpc) is 2.42. The largest absolute Gasteiger partial charge is 0.471 e. The summed E-state index contributed by atoms with van der Waals surface area (Å²) in [5.41, 5.74) is 0.529. The highest BCUT2D eigenvalue weighted by atomic mass is 19.4. The van der Waals surface area contributed by atoms with E-state index in [0.29, 0.717) is 10.5 Å². The molecule has 0 aromatic heterocycles. The van der Waals surface area contributed by atoms with Gasteiger partial charge in [-0.25, -0.2) is 0 Å². The fraction of sp³-hybridized carbons (Fsp3) is 0.429. The highest BCUT2D eigenvalue weighted by Crippen LogP contribution is 2.26. The molecule has 0 N–H and O–H groups in total. The van der Waals surface area contributed by atoms with Gasteiger partial charge in [0.25, 0.3) is 0 Å². The van der Waals surface area contributed by atoms with Crippen LogP contribution in [0.3, 0.4) is 0 Å². The molecule has 0 bridgehead atoms. The van der Waals surface area contributed by atoms with Crippen LogP contribution in [0.5, 0.6) is 0 Å². The van der Waals surface area contributed by atoms with E-state index in [1.54, 1.807) is 30.3 Å². The molecule has 0 heterocycles. The molecule has 0 saturated carbocycles. The zero-order valence-corrected chi connectivity index (χ0v) is 12.0. The van der Waals surface area contributed by atoms with E-state index in [-0.39, 0.29) is 0 Å². The molecule has 1 aromatic rings. The van der Waals surface area contributed by atoms with Gasteiger partial charge in [-0.1, -0.05) is 30.3 Å². The minimum absolute atomic E-state index is 0.529. The first-order chi connectivity index (χ1) is 9.64. The molecule has 0 spiro atoms. The maximum Gasteiger partial charge on any atom is 0.471 e. The predicted molar refractivity (Wildman–Crippen MR) is 71.3 cm³/mol. The third kappa shape index (κ3) is 4.47. The third-order valence-corrected chi connectivity index (χ3v) is 3.06. The van der Waals surface area contributed by atoms with Crippen LogP contribution in [0.25, 0.3) is 0 Å². The maximum absolute atomic E-state index is 12.7. The summed E-state index contributed by atoms with van der Waals surface area (Å²) >= 11 is 0. The van der Waals surface area contributed by atoms with Crippen molar-refractivity contribution in [2.75, 3.05) is 20.6 Å². The van der Waals surface area contributed by atoms with Crippen LogP contribution in [0, 0.1) is 0 Å². The Labute approximate surface area is 121 Å². The van der Waals surface area contributed by atoms with E-state index in [2.05, 4.69) is 0 Å². The molecular weight excluding hydrogens is 285 g/mol. The molecule has 116 valence electrons. The standard InChI is InChI=1S/C14H17F3N2O2/c1-10(11-7-5-4-6-8-11)19(9-12(20)18(2)3)13(21)14(15,16)17/h4-8,10H,9H2,1-3H3. The number of carbonyl (C=O) groups is 2. The Morgan fingerprint density at radius 2 is 1.67 bits per heavy atom. The lowest BCUT2D eigenvalue weighted by Gasteiger charge is -2.30. The summed E-state index contributed by atoms with van der Waals surface area (Å²) in [6.07, 6.45) is -5.02. The number of benzene rings is 1.